The van der Waals surface area contributed by atoms with Crippen molar-refractivity contribution in [2.24, 2.45) is 0 Å². The average Bonchev–Trinajstić information content (AvgIpc) is 2.52. The Hall–Kier alpha value is -0.900. The zero-order valence-corrected chi connectivity index (χ0v) is 8.59. The topological polar surface area (TPSA) is 53.6 Å². The monoisotopic (exact) mass is 182 g/mol. The normalized spacial score (nSPS) is 11.1. The minimum atomic E-state index is 0.536. The van der Waals surface area contributed by atoms with Gasteiger partial charge in [0, 0.05) is 25.4 Å². The highest BCUT2D eigenvalue weighted by molar-refractivity contribution is 4.90. The quantitative estimate of drug-likeness (QED) is 0.711. The number of hydrogen-bond donors (Lipinski definition) is 2. The molecule has 74 valence electrons. The SMILES string of the molecule is CCc1n[nH]c(CCNC(C)C)n1. The van der Waals surface area contributed by atoms with E-state index in [-0.39, 0.29) is 0 Å². The molecule has 0 fully saturated rings. The Morgan fingerprint density at radius 3 is 2.77 bits per heavy atom. The molecular weight excluding hydrogens is 164 g/mol. The van der Waals surface area contributed by atoms with E-state index in [1.54, 1.807) is 0 Å². The van der Waals surface area contributed by atoms with Gasteiger partial charge in [-0.2, -0.15) is 5.10 Å². The van der Waals surface area contributed by atoms with Crippen LogP contribution < -0.4 is 5.32 Å². The van der Waals surface area contributed by atoms with Crippen molar-refractivity contribution in [3.63, 3.8) is 0 Å². The van der Waals surface area contributed by atoms with Crippen molar-refractivity contribution in [1.82, 2.24) is 20.5 Å². The number of rotatable bonds is 5. The molecular formula is C9H18N4. The zero-order valence-electron chi connectivity index (χ0n) is 8.59. The van der Waals surface area contributed by atoms with Crippen LogP contribution in [0.4, 0.5) is 0 Å². The van der Waals surface area contributed by atoms with Crippen LogP contribution in [0, 0.1) is 0 Å². The van der Waals surface area contributed by atoms with E-state index in [0.717, 1.165) is 31.0 Å². The van der Waals surface area contributed by atoms with Gasteiger partial charge in [0.1, 0.15) is 11.6 Å². The standard InChI is InChI=1S/C9H18N4/c1-4-8-11-9(13-12-8)5-6-10-7(2)3/h7,10H,4-6H2,1-3H3,(H,11,12,13). The molecule has 4 nitrogen and oxygen atoms in total. The van der Waals surface area contributed by atoms with Crippen molar-refractivity contribution >= 4 is 0 Å². The Bertz CT molecular complexity index is 242. The molecule has 0 radical (unpaired) electrons. The maximum atomic E-state index is 4.32. The molecule has 0 amide bonds. The number of hydrogen-bond acceptors (Lipinski definition) is 3. The largest absolute Gasteiger partial charge is 0.314 e. The third kappa shape index (κ3) is 3.55. The van der Waals surface area contributed by atoms with Gasteiger partial charge in [0.2, 0.25) is 0 Å². The minimum absolute atomic E-state index is 0.536. The van der Waals surface area contributed by atoms with Crippen molar-refractivity contribution in [2.45, 2.75) is 39.7 Å². The van der Waals surface area contributed by atoms with Crippen LogP contribution in [0.2, 0.25) is 0 Å². The lowest BCUT2D eigenvalue weighted by atomic mass is 10.3. The number of aromatic nitrogens is 3. The summed E-state index contributed by atoms with van der Waals surface area (Å²) in [5, 5.41) is 10.3. The minimum Gasteiger partial charge on any atom is -0.314 e. The fraction of sp³-hybridized carbons (Fsp3) is 0.778. The first-order valence-electron chi connectivity index (χ1n) is 4.86. The maximum Gasteiger partial charge on any atom is 0.150 e. The molecule has 1 rings (SSSR count). The molecule has 0 unspecified atom stereocenters. The van der Waals surface area contributed by atoms with Gasteiger partial charge in [-0.15, -0.1) is 0 Å². The average molecular weight is 182 g/mol. The van der Waals surface area contributed by atoms with E-state index in [0.29, 0.717) is 6.04 Å². The number of aryl methyl sites for hydroxylation is 1. The van der Waals surface area contributed by atoms with E-state index >= 15 is 0 Å². The summed E-state index contributed by atoms with van der Waals surface area (Å²) in [6, 6.07) is 0.536. The third-order valence-corrected chi connectivity index (χ3v) is 1.81. The molecule has 4 heteroatoms. The molecule has 1 aromatic heterocycles. The highest BCUT2D eigenvalue weighted by atomic mass is 15.2. The van der Waals surface area contributed by atoms with Crippen LogP contribution in [-0.2, 0) is 12.8 Å². The first kappa shape index (κ1) is 10.2. The van der Waals surface area contributed by atoms with Crippen LogP contribution in [0.25, 0.3) is 0 Å². The Kier molecular flexibility index (Phi) is 3.89. The fourth-order valence-electron chi connectivity index (χ4n) is 1.08. The predicted molar refractivity (Wildman–Crippen MR) is 52.6 cm³/mol. The van der Waals surface area contributed by atoms with E-state index < -0.39 is 0 Å². The highest BCUT2D eigenvalue weighted by Crippen LogP contribution is 1.93. The smallest absolute Gasteiger partial charge is 0.150 e. The Morgan fingerprint density at radius 1 is 1.46 bits per heavy atom. The molecule has 0 aromatic carbocycles. The lowest BCUT2D eigenvalue weighted by Crippen LogP contribution is -2.25. The van der Waals surface area contributed by atoms with Crippen molar-refractivity contribution in [1.29, 1.82) is 0 Å². The summed E-state index contributed by atoms with van der Waals surface area (Å²) in [4.78, 5) is 4.32. The van der Waals surface area contributed by atoms with Gasteiger partial charge in [0.25, 0.3) is 0 Å². The first-order chi connectivity index (χ1) is 6.22. The summed E-state index contributed by atoms with van der Waals surface area (Å²) in [5.74, 6) is 1.88. The molecule has 1 heterocycles. The molecule has 0 bridgehead atoms. The summed E-state index contributed by atoms with van der Waals surface area (Å²) in [5.41, 5.74) is 0. The number of H-pyrrole nitrogens is 1. The molecule has 0 saturated carbocycles. The van der Waals surface area contributed by atoms with Crippen molar-refractivity contribution in [3.05, 3.63) is 11.6 Å². The number of nitrogens with zero attached hydrogens (tertiary/aromatic N) is 2. The third-order valence-electron chi connectivity index (χ3n) is 1.81. The van der Waals surface area contributed by atoms with Crippen LogP contribution in [-0.4, -0.2) is 27.8 Å². The molecule has 0 spiro atoms. The van der Waals surface area contributed by atoms with Crippen LogP contribution in [0.5, 0.6) is 0 Å². The van der Waals surface area contributed by atoms with Crippen molar-refractivity contribution in [2.75, 3.05) is 6.54 Å². The van der Waals surface area contributed by atoms with Gasteiger partial charge in [-0.05, 0) is 0 Å². The fourth-order valence-corrected chi connectivity index (χ4v) is 1.08. The number of aromatic amines is 1. The molecule has 0 aliphatic heterocycles. The van der Waals surface area contributed by atoms with Gasteiger partial charge in [0.05, 0.1) is 0 Å². The van der Waals surface area contributed by atoms with Crippen molar-refractivity contribution in [3.8, 4) is 0 Å². The van der Waals surface area contributed by atoms with Gasteiger partial charge < -0.3 is 5.32 Å². The van der Waals surface area contributed by atoms with E-state index in [4.69, 9.17) is 0 Å². The highest BCUT2D eigenvalue weighted by Gasteiger charge is 2.00. The summed E-state index contributed by atoms with van der Waals surface area (Å²) >= 11 is 0. The van der Waals surface area contributed by atoms with Crippen LogP contribution in [0.3, 0.4) is 0 Å². The molecule has 13 heavy (non-hydrogen) atoms. The van der Waals surface area contributed by atoms with Crippen LogP contribution in [0.1, 0.15) is 32.4 Å². The van der Waals surface area contributed by atoms with Gasteiger partial charge in [-0.1, -0.05) is 20.8 Å². The van der Waals surface area contributed by atoms with Crippen LogP contribution in [0.15, 0.2) is 0 Å². The summed E-state index contributed by atoms with van der Waals surface area (Å²) in [6.45, 7) is 7.28. The second-order valence-electron chi connectivity index (χ2n) is 3.41. The zero-order chi connectivity index (χ0) is 9.68. The van der Waals surface area contributed by atoms with Crippen molar-refractivity contribution < 1.29 is 0 Å². The lowest BCUT2D eigenvalue weighted by molar-refractivity contribution is 0.583. The Labute approximate surface area is 79.2 Å². The molecule has 0 saturated heterocycles. The molecule has 0 atom stereocenters. The van der Waals surface area contributed by atoms with Gasteiger partial charge in [-0.3, -0.25) is 5.10 Å². The second-order valence-corrected chi connectivity index (χ2v) is 3.41. The number of nitrogens with one attached hydrogen (secondary N) is 2. The molecule has 0 aliphatic rings. The maximum absolute atomic E-state index is 4.32. The van der Waals surface area contributed by atoms with E-state index in [1.807, 2.05) is 0 Å². The van der Waals surface area contributed by atoms with Gasteiger partial charge in [0.15, 0.2) is 0 Å². The first-order valence-corrected chi connectivity index (χ1v) is 4.86. The van der Waals surface area contributed by atoms with Crippen LogP contribution >= 0.6 is 0 Å². The molecule has 1 aromatic rings. The Balaban J connectivity index is 2.28. The summed E-state index contributed by atoms with van der Waals surface area (Å²) < 4.78 is 0. The molecule has 0 aliphatic carbocycles. The van der Waals surface area contributed by atoms with Gasteiger partial charge in [-0.25, -0.2) is 4.98 Å². The van der Waals surface area contributed by atoms with Gasteiger partial charge >= 0.3 is 0 Å². The van der Waals surface area contributed by atoms with E-state index in [1.165, 1.54) is 0 Å². The van der Waals surface area contributed by atoms with E-state index in [9.17, 15) is 0 Å². The summed E-state index contributed by atoms with van der Waals surface area (Å²) in [6.07, 6.45) is 1.82. The summed E-state index contributed by atoms with van der Waals surface area (Å²) in [7, 11) is 0. The molecule has 2 N–H and O–H groups in total. The second kappa shape index (κ2) is 4.97. The van der Waals surface area contributed by atoms with E-state index in [2.05, 4.69) is 41.3 Å². The Morgan fingerprint density at radius 2 is 2.23 bits per heavy atom. The predicted octanol–water partition coefficient (Wildman–Crippen LogP) is 0.908. The lowest BCUT2D eigenvalue weighted by Gasteiger charge is -2.05.